The molecule has 1 fully saturated rings. The number of nitrogens with one attached hydrogen (secondary N) is 2. The number of H-pyrrole nitrogens is 1. The number of fused-ring (bicyclic) bond motifs is 1. The van der Waals surface area contributed by atoms with E-state index in [1.54, 1.807) is 0 Å². The van der Waals surface area contributed by atoms with Gasteiger partial charge >= 0.3 is 0 Å². The number of hydrogen-bond acceptors (Lipinski definition) is 2. The van der Waals surface area contributed by atoms with Crippen LogP contribution in [0.3, 0.4) is 0 Å². The van der Waals surface area contributed by atoms with Crippen molar-refractivity contribution in [3.05, 3.63) is 21.6 Å². The summed E-state index contributed by atoms with van der Waals surface area (Å²) in [7, 11) is 0. The zero-order chi connectivity index (χ0) is 10.3. The largest absolute Gasteiger partial charge is 0.315 e. The Morgan fingerprint density at radius 2 is 2.20 bits per heavy atom. The van der Waals surface area contributed by atoms with Gasteiger partial charge in [-0.15, -0.1) is 0 Å². The van der Waals surface area contributed by atoms with E-state index >= 15 is 0 Å². The summed E-state index contributed by atoms with van der Waals surface area (Å²) in [6, 6.07) is 0.344. The average Bonchev–Trinajstić information content (AvgIpc) is 2.83. The molecule has 4 nitrogen and oxygen atoms in total. The number of piperidine rings is 1. The minimum Gasteiger partial charge on any atom is -0.315 e. The fourth-order valence-electron chi connectivity index (χ4n) is 2.76. The molecular formula is C11H17N3O. The highest BCUT2D eigenvalue weighted by Crippen LogP contribution is 2.20. The molecule has 1 aliphatic carbocycles. The minimum atomic E-state index is 0.233. The molecule has 1 unspecified atom stereocenters. The monoisotopic (exact) mass is 207 g/mol. The standard InChI is InChI=1S/C11H17N3O/c15-11-9-4-1-5-10(9)13-14(11)8-3-2-6-12-7-8/h8,12-13H,1-7H2. The Morgan fingerprint density at radius 3 is 2.93 bits per heavy atom. The summed E-state index contributed by atoms with van der Waals surface area (Å²) in [5.74, 6) is 0. The lowest BCUT2D eigenvalue weighted by atomic mass is 10.1. The van der Waals surface area contributed by atoms with Crippen LogP contribution in [0, 0.1) is 0 Å². The summed E-state index contributed by atoms with van der Waals surface area (Å²) in [6.45, 7) is 2.02. The summed E-state index contributed by atoms with van der Waals surface area (Å²) < 4.78 is 1.86. The second-order valence-corrected chi connectivity index (χ2v) is 4.60. The van der Waals surface area contributed by atoms with Crippen LogP contribution in [-0.4, -0.2) is 22.9 Å². The van der Waals surface area contributed by atoms with Gasteiger partial charge in [-0.05, 0) is 38.6 Å². The van der Waals surface area contributed by atoms with Gasteiger partial charge in [0.2, 0.25) is 0 Å². The molecule has 15 heavy (non-hydrogen) atoms. The van der Waals surface area contributed by atoms with Crippen LogP contribution in [0.25, 0.3) is 0 Å². The van der Waals surface area contributed by atoms with Crippen molar-refractivity contribution in [2.45, 2.75) is 38.1 Å². The van der Waals surface area contributed by atoms with Crippen LogP contribution < -0.4 is 10.9 Å². The van der Waals surface area contributed by atoms with Gasteiger partial charge in [-0.2, -0.15) is 0 Å². The second kappa shape index (κ2) is 3.52. The van der Waals surface area contributed by atoms with Crippen molar-refractivity contribution < 1.29 is 0 Å². The molecule has 0 spiro atoms. The summed E-state index contributed by atoms with van der Waals surface area (Å²) in [5, 5.41) is 6.64. The molecule has 0 amide bonds. The molecule has 2 heterocycles. The van der Waals surface area contributed by atoms with E-state index in [2.05, 4.69) is 10.4 Å². The first kappa shape index (κ1) is 9.21. The first-order chi connectivity index (χ1) is 7.36. The van der Waals surface area contributed by atoms with Crippen LogP contribution in [0.15, 0.2) is 4.79 Å². The van der Waals surface area contributed by atoms with E-state index in [1.807, 2.05) is 4.68 Å². The molecule has 2 aliphatic rings. The predicted molar refractivity (Wildman–Crippen MR) is 58.2 cm³/mol. The maximum Gasteiger partial charge on any atom is 0.270 e. The van der Waals surface area contributed by atoms with Crippen molar-refractivity contribution in [2.75, 3.05) is 13.1 Å². The molecule has 1 saturated heterocycles. The Bertz CT molecular complexity index is 412. The smallest absolute Gasteiger partial charge is 0.270 e. The van der Waals surface area contributed by atoms with Crippen molar-refractivity contribution in [1.29, 1.82) is 0 Å². The Hall–Kier alpha value is -1.03. The maximum atomic E-state index is 12.1. The molecule has 0 radical (unpaired) electrons. The lowest BCUT2D eigenvalue weighted by Crippen LogP contribution is -2.36. The molecule has 0 saturated carbocycles. The third-order valence-corrected chi connectivity index (χ3v) is 3.59. The van der Waals surface area contributed by atoms with Gasteiger partial charge in [0.05, 0.1) is 6.04 Å². The maximum absolute atomic E-state index is 12.1. The van der Waals surface area contributed by atoms with Crippen LogP contribution in [0.1, 0.15) is 36.6 Å². The highest BCUT2D eigenvalue weighted by atomic mass is 16.1. The molecule has 1 aliphatic heterocycles. The molecule has 2 N–H and O–H groups in total. The van der Waals surface area contributed by atoms with Gasteiger partial charge in [0, 0.05) is 17.8 Å². The lowest BCUT2D eigenvalue weighted by molar-refractivity contribution is 0.338. The Labute approximate surface area is 88.7 Å². The highest BCUT2D eigenvalue weighted by molar-refractivity contribution is 5.22. The third kappa shape index (κ3) is 1.44. The molecule has 3 rings (SSSR count). The first-order valence-electron chi connectivity index (χ1n) is 5.89. The zero-order valence-electron chi connectivity index (χ0n) is 8.88. The minimum absolute atomic E-state index is 0.233. The van der Waals surface area contributed by atoms with E-state index in [9.17, 15) is 4.79 Å². The van der Waals surface area contributed by atoms with Crippen LogP contribution in [0.2, 0.25) is 0 Å². The molecule has 1 aromatic rings. The molecule has 1 aromatic heterocycles. The average molecular weight is 207 g/mol. The number of aromatic nitrogens is 2. The third-order valence-electron chi connectivity index (χ3n) is 3.59. The van der Waals surface area contributed by atoms with Crippen LogP contribution in [0.5, 0.6) is 0 Å². The fourth-order valence-corrected chi connectivity index (χ4v) is 2.76. The molecule has 0 aromatic carbocycles. The molecular weight excluding hydrogens is 190 g/mol. The Balaban J connectivity index is 1.95. The van der Waals surface area contributed by atoms with Gasteiger partial charge in [-0.1, -0.05) is 0 Å². The summed E-state index contributed by atoms with van der Waals surface area (Å²) in [6.07, 6.45) is 5.45. The van der Waals surface area contributed by atoms with Crippen LogP contribution in [-0.2, 0) is 12.8 Å². The van der Waals surface area contributed by atoms with Crippen LogP contribution >= 0.6 is 0 Å². The van der Waals surface area contributed by atoms with Gasteiger partial charge in [0.1, 0.15) is 0 Å². The summed E-state index contributed by atoms with van der Waals surface area (Å²) in [5.41, 5.74) is 2.46. The van der Waals surface area contributed by atoms with Gasteiger partial charge in [0.15, 0.2) is 0 Å². The van der Waals surface area contributed by atoms with E-state index in [-0.39, 0.29) is 5.56 Å². The van der Waals surface area contributed by atoms with E-state index in [4.69, 9.17) is 0 Å². The van der Waals surface area contributed by atoms with Crippen molar-refractivity contribution in [1.82, 2.24) is 15.1 Å². The van der Waals surface area contributed by atoms with E-state index in [0.717, 1.165) is 44.3 Å². The molecule has 4 heteroatoms. The topological polar surface area (TPSA) is 49.8 Å². The Morgan fingerprint density at radius 1 is 1.27 bits per heavy atom. The van der Waals surface area contributed by atoms with Crippen molar-refractivity contribution in [2.24, 2.45) is 0 Å². The van der Waals surface area contributed by atoms with Gasteiger partial charge < -0.3 is 5.32 Å². The summed E-state index contributed by atoms with van der Waals surface area (Å²) in [4.78, 5) is 12.1. The van der Waals surface area contributed by atoms with E-state index < -0.39 is 0 Å². The van der Waals surface area contributed by atoms with Gasteiger partial charge in [0.25, 0.3) is 5.56 Å². The fraction of sp³-hybridized carbons (Fsp3) is 0.727. The zero-order valence-corrected chi connectivity index (χ0v) is 8.88. The number of nitrogens with zero attached hydrogens (tertiary/aromatic N) is 1. The number of aromatic amines is 1. The highest BCUT2D eigenvalue weighted by Gasteiger charge is 2.23. The normalized spacial score (nSPS) is 25.5. The van der Waals surface area contributed by atoms with Crippen molar-refractivity contribution in [3.63, 3.8) is 0 Å². The quantitative estimate of drug-likeness (QED) is 0.708. The predicted octanol–water partition coefficient (Wildman–Crippen LogP) is 0.590. The lowest BCUT2D eigenvalue weighted by Gasteiger charge is -2.23. The van der Waals surface area contributed by atoms with E-state index in [1.165, 1.54) is 12.1 Å². The van der Waals surface area contributed by atoms with Crippen LogP contribution in [0.4, 0.5) is 0 Å². The van der Waals surface area contributed by atoms with Gasteiger partial charge in [-0.3, -0.25) is 9.89 Å². The first-order valence-corrected chi connectivity index (χ1v) is 5.89. The van der Waals surface area contributed by atoms with Crippen molar-refractivity contribution >= 4 is 0 Å². The van der Waals surface area contributed by atoms with Crippen molar-refractivity contribution in [3.8, 4) is 0 Å². The second-order valence-electron chi connectivity index (χ2n) is 4.60. The SMILES string of the molecule is O=c1c2c([nH]n1C1CCCNC1)CCC2. The molecule has 0 bridgehead atoms. The van der Waals surface area contributed by atoms with E-state index in [0.29, 0.717) is 6.04 Å². The summed E-state index contributed by atoms with van der Waals surface area (Å²) >= 11 is 0. The van der Waals surface area contributed by atoms with Gasteiger partial charge in [-0.25, -0.2) is 4.68 Å². The molecule has 82 valence electrons. The number of hydrogen-bond donors (Lipinski definition) is 2. The Kier molecular flexibility index (Phi) is 2.16. The molecule has 1 atom stereocenters. The number of aryl methyl sites for hydroxylation is 1. The number of rotatable bonds is 1.